The maximum Gasteiger partial charge on any atom is 0.153 e. The molecule has 21 heavy (non-hydrogen) atoms. The van der Waals surface area contributed by atoms with E-state index in [-0.39, 0.29) is 0 Å². The van der Waals surface area contributed by atoms with Crippen molar-refractivity contribution in [3.63, 3.8) is 0 Å². The third kappa shape index (κ3) is 2.19. The van der Waals surface area contributed by atoms with Crippen LogP contribution in [0.1, 0.15) is 0 Å². The zero-order chi connectivity index (χ0) is 14.2. The third-order valence-corrected chi connectivity index (χ3v) is 3.68. The molecule has 0 amide bonds. The molecule has 106 valence electrons. The van der Waals surface area contributed by atoms with E-state index in [2.05, 4.69) is 20.5 Å². The lowest BCUT2D eigenvalue weighted by molar-refractivity contribution is 0.0209. The van der Waals surface area contributed by atoms with Gasteiger partial charge in [-0.2, -0.15) is 5.10 Å². The number of nitrogens with two attached hydrogens (primary N) is 1. The Bertz CT molecular complexity index is 794. The fourth-order valence-corrected chi connectivity index (χ4v) is 2.43. The summed E-state index contributed by atoms with van der Waals surface area (Å²) in [6, 6.07) is 10.5. The van der Waals surface area contributed by atoms with Gasteiger partial charge in [0.15, 0.2) is 5.82 Å². The number of benzene rings is 1. The van der Waals surface area contributed by atoms with Crippen LogP contribution in [0.15, 0.2) is 36.5 Å². The van der Waals surface area contributed by atoms with Gasteiger partial charge < -0.3 is 15.8 Å². The molecule has 2 aromatic heterocycles. The van der Waals surface area contributed by atoms with Crippen LogP contribution < -0.4 is 11.1 Å². The second-order valence-electron chi connectivity index (χ2n) is 5.18. The fourth-order valence-electron chi connectivity index (χ4n) is 2.43. The van der Waals surface area contributed by atoms with Crippen LogP contribution in [0.4, 0.5) is 11.6 Å². The SMILES string of the molecule is Nc1n[nH]c2ccc(-c3ccnc(NC4COC4)c3)cc12. The van der Waals surface area contributed by atoms with Gasteiger partial charge in [-0.25, -0.2) is 4.98 Å². The van der Waals surface area contributed by atoms with Crippen molar-refractivity contribution in [3.05, 3.63) is 36.5 Å². The zero-order valence-electron chi connectivity index (χ0n) is 11.3. The number of pyridine rings is 1. The highest BCUT2D eigenvalue weighted by atomic mass is 16.5. The average Bonchev–Trinajstić information content (AvgIpc) is 2.84. The molecule has 6 nitrogen and oxygen atoms in total. The lowest BCUT2D eigenvalue weighted by Crippen LogP contribution is -2.40. The van der Waals surface area contributed by atoms with E-state index in [1.54, 1.807) is 6.20 Å². The molecular formula is C15H15N5O. The van der Waals surface area contributed by atoms with Gasteiger partial charge in [0.25, 0.3) is 0 Å². The summed E-state index contributed by atoms with van der Waals surface area (Å²) in [7, 11) is 0. The highest BCUT2D eigenvalue weighted by molar-refractivity contribution is 5.92. The second kappa shape index (κ2) is 4.75. The number of fused-ring (bicyclic) bond motifs is 1. The summed E-state index contributed by atoms with van der Waals surface area (Å²) in [6.07, 6.45) is 1.81. The molecule has 1 saturated heterocycles. The molecule has 0 radical (unpaired) electrons. The Morgan fingerprint density at radius 2 is 2.05 bits per heavy atom. The fraction of sp³-hybridized carbons (Fsp3) is 0.200. The summed E-state index contributed by atoms with van der Waals surface area (Å²) in [4.78, 5) is 4.35. The molecule has 1 aromatic carbocycles. The minimum atomic E-state index is 0.361. The van der Waals surface area contributed by atoms with Crippen molar-refractivity contribution in [2.75, 3.05) is 24.3 Å². The highest BCUT2D eigenvalue weighted by Gasteiger charge is 2.18. The molecule has 0 aliphatic carbocycles. The molecule has 0 unspecified atom stereocenters. The Kier molecular flexibility index (Phi) is 2.75. The number of H-pyrrole nitrogens is 1. The van der Waals surface area contributed by atoms with Gasteiger partial charge in [-0.3, -0.25) is 5.10 Å². The summed E-state index contributed by atoms with van der Waals surface area (Å²) in [5.41, 5.74) is 8.99. The van der Waals surface area contributed by atoms with Crippen molar-refractivity contribution in [2.24, 2.45) is 0 Å². The van der Waals surface area contributed by atoms with Crippen molar-refractivity contribution in [1.82, 2.24) is 15.2 Å². The predicted molar refractivity (Wildman–Crippen MR) is 82.0 cm³/mol. The van der Waals surface area contributed by atoms with E-state index >= 15 is 0 Å². The normalized spacial score (nSPS) is 15.0. The topological polar surface area (TPSA) is 88.9 Å². The number of nitrogens with zero attached hydrogens (tertiary/aromatic N) is 2. The number of ether oxygens (including phenoxy) is 1. The maximum atomic E-state index is 5.86. The number of nitrogens with one attached hydrogen (secondary N) is 2. The van der Waals surface area contributed by atoms with E-state index < -0.39 is 0 Å². The molecular weight excluding hydrogens is 266 g/mol. The molecule has 0 spiro atoms. The second-order valence-corrected chi connectivity index (χ2v) is 5.18. The molecule has 0 atom stereocenters. The lowest BCUT2D eigenvalue weighted by Gasteiger charge is -2.27. The Balaban J connectivity index is 1.69. The highest BCUT2D eigenvalue weighted by Crippen LogP contribution is 2.27. The van der Waals surface area contributed by atoms with E-state index in [9.17, 15) is 0 Å². The first kappa shape index (κ1) is 12.2. The van der Waals surface area contributed by atoms with E-state index in [0.717, 1.165) is 41.1 Å². The molecule has 6 heteroatoms. The monoisotopic (exact) mass is 281 g/mol. The van der Waals surface area contributed by atoms with Crippen LogP contribution in [-0.4, -0.2) is 34.4 Å². The summed E-state index contributed by atoms with van der Waals surface area (Å²) < 4.78 is 5.16. The van der Waals surface area contributed by atoms with Crippen molar-refractivity contribution in [1.29, 1.82) is 0 Å². The number of nitrogen functional groups attached to an aromatic ring is 1. The molecule has 3 aromatic rings. The average molecular weight is 281 g/mol. The Labute approximate surface area is 121 Å². The summed E-state index contributed by atoms with van der Waals surface area (Å²) >= 11 is 0. The lowest BCUT2D eigenvalue weighted by atomic mass is 10.0. The van der Waals surface area contributed by atoms with Gasteiger partial charge in [0.1, 0.15) is 5.82 Å². The Morgan fingerprint density at radius 3 is 2.86 bits per heavy atom. The molecule has 4 rings (SSSR count). The van der Waals surface area contributed by atoms with E-state index in [4.69, 9.17) is 10.5 Å². The summed E-state index contributed by atoms with van der Waals surface area (Å²) in [5, 5.41) is 11.2. The van der Waals surface area contributed by atoms with Crippen LogP contribution >= 0.6 is 0 Å². The predicted octanol–water partition coefficient (Wildman–Crippen LogP) is 2.02. The number of hydrogen-bond acceptors (Lipinski definition) is 5. The third-order valence-electron chi connectivity index (χ3n) is 3.68. The molecule has 1 aliphatic rings. The maximum absolute atomic E-state index is 5.86. The first-order chi connectivity index (χ1) is 10.3. The number of rotatable bonds is 3. The van der Waals surface area contributed by atoms with Crippen LogP contribution in [0.2, 0.25) is 0 Å². The quantitative estimate of drug-likeness (QED) is 0.683. The van der Waals surface area contributed by atoms with Gasteiger partial charge in [-0.15, -0.1) is 0 Å². The van der Waals surface area contributed by atoms with Gasteiger partial charge >= 0.3 is 0 Å². The Morgan fingerprint density at radius 1 is 1.19 bits per heavy atom. The van der Waals surface area contributed by atoms with Gasteiger partial charge in [0.05, 0.1) is 24.8 Å². The van der Waals surface area contributed by atoms with Crippen LogP contribution in [0, 0.1) is 0 Å². The number of hydrogen-bond donors (Lipinski definition) is 3. The molecule has 1 fully saturated rings. The largest absolute Gasteiger partial charge is 0.382 e. The van der Waals surface area contributed by atoms with Gasteiger partial charge in [-0.1, -0.05) is 6.07 Å². The smallest absolute Gasteiger partial charge is 0.153 e. The van der Waals surface area contributed by atoms with Crippen molar-refractivity contribution >= 4 is 22.5 Å². The first-order valence-electron chi connectivity index (χ1n) is 6.84. The van der Waals surface area contributed by atoms with Gasteiger partial charge in [-0.05, 0) is 35.4 Å². The van der Waals surface area contributed by atoms with Crippen LogP contribution in [0.3, 0.4) is 0 Å². The van der Waals surface area contributed by atoms with Crippen molar-refractivity contribution < 1.29 is 4.74 Å². The van der Waals surface area contributed by atoms with Gasteiger partial charge in [0.2, 0.25) is 0 Å². The number of aromatic amines is 1. The van der Waals surface area contributed by atoms with Crippen LogP contribution in [-0.2, 0) is 4.74 Å². The minimum absolute atomic E-state index is 0.361. The molecule has 0 saturated carbocycles. The van der Waals surface area contributed by atoms with Crippen molar-refractivity contribution in [2.45, 2.75) is 6.04 Å². The minimum Gasteiger partial charge on any atom is -0.382 e. The van der Waals surface area contributed by atoms with E-state index in [1.807, 2.05) is 30.3 Å². The molecule has 0 bridgehead atoms. The standard InChI is InChI=1S/C15H15N5O/c16-15-12-5-9(1-2-13(12)19-20-15)10-3-4-17-14(6-10)18-11-7-21-8-11/h1-6,11H,7-8H2,(H,17,18)(H3,16,19,20). The number of aromatic nitrogens is 3. The van der Waals surface area contributed by atoms with Crippen molar-refractivity contribution in [3.8, 4) is 11.1 Å². The van der Waals surface area contributed by atoms with E-state index in [0.29, 0.717) is 11.9 Å². The number of anilines is 2. The summed E-state index contributed by atoms with van der Waals surface area (Å²) in [5.74, 6) is 1.38. The Hall–Kier alpha value is -2.60. The molecule has 1 aliphatic heterocycles. The van der Waals surface area contributed by atoms with E-state index in [1.165, 1.54) is 0 Å². The zero-order valence-corrected chi connectivity index (χ0v) is 11.3. The van der Waals surface area contributed by atoms with Crippen LogP contribution in [0.5, 0.6) is 0 Å². The summed E-state index contributed by atoms with van der Waals surface area (Å²) in [6.45, 7) is 1.48. The molecule has 4 N–H and O–H groups in total. The molecule has 3 heterocycles. The van der Waals surface area contributed by atoms with Gasteiger partial charge in [0, 0.05) is 11.6 Å². The van der Waals surface area contributed by atoms with Crippen LogP contribution in [0.25, 0.3) is 22.0 Å². The first-order valence-corrected chi connectivity index (χ1v) is 6.84.